The maximum Gasteiger partial charge on any atom is 0.374 e. The maximum absolute atomic E-state index is 12.9. The molecule has 32 heavy (non-hydrogen) atoms. The number of carbonyl (C=O) groups is 2. The minimum atomic E-state index is -0.669. The number of fused-ring (bicyclic) bond motifs is 1. The first-order valence-corrected chi connectivity index (χ1v) is 10.3. The summed E-state index contributed by atoms with van der Waals surface area (Å²) in [5.41, 5.74) is 1.51. The van der Waals surface area contributed by atoms with Gasteiger partial charge in [0.05, 0.1) is 32.3 Å². The largest absolute Gasteiger partial charge is 0.497 e. The predicted molar refractivity (Wildman–Crippen MR) is 116 cm³/mol. The monoisotopic (exact) mass is 454 g/mol. The molecule has 0 unspecified atom stereocenters. The molecule has 0 saturated heterocycles. The summed E-state index contributed by atoms with van der Waals surface area (Å²) in [6, 6.07) is 10.8. The van der Waals surface area contributed by atoms with E-state index in [2.05, 4.69) is 9.72 Å². The van der Waals surface area contributed by atoms with Crippen LogP contribution in [0, 0.1) is 0 Å². The Bertz CT molecular complexity index is 1330. The van der Waals surface area contributed by atoms with E-state index in [0.29, 0.717) is 15.8 Å². The molecular formula is C22H18N2O7S. The highest BCUT2D eigenvalue weighted by atomic mass is 32.1. The second-order valence-electron chi connectivity index (χ2n) is 6.66. The summed E-state index contributed by atoms with van der Waals surface area (Å²) in [5.74, 6) is -0.623. The van der Waals surface area contributed by atoms with Crippen molar-refractivity contribution in [3.8, 4) is 16.2 Å². The summed E-state index contributed by atoms with van der Waals surface area (Å²) in [4.78, 5) is 41.9. The number of nitrogens with zero attached hydrogens (tertiary/aromatic N) is 2. The van der Waals surface area contributed by atoms with Crippen LogP contribution in [0.5, 0.6) is 5.75 Å². The standard InChI is InChI=1S/C22H18N2O7S/c1-28-15-5-3-13(4-6-15)17-9-16-20(32-17)21(26)24(12-23-16)10-18(25)31-11-14-7-8-30-19(14)22(27)29-2/h3-9,12H,10-11H2,1-2H3. The predicted octanol–water partition coefficient (Wildman–Crippen LogP) is 3.26. The van der Waals surface area contributed by atoms with Crippen LogP contribution >= 0.6 is 11.3 Å². The van der Waals surface area contributed by atoms with Gasteiger partial charge in [-0.25, -0.2) is 9.78 Å². The molecule has 0 radical (unpaired) electrons. The van der Waals surface area contributed by atoms with Gasteiger partial charge in [0.15, 0.2) is 0 Å². The van der Waals surface area contributed by atoms with E-state index < -0.39 is 11.9 Å². The zero-order valence-corrected chi connectivity index (χ0v) is 18.0. The van der Waals surface area contributed by atoms with Crippen molar-refractivity contribution in [2.45, 2.75) is 13.2 Å². The Morgan fingerprint density at radius 2 is 1.94 bits per heavy atom. The van der Waals surface area contributed by atoms with Crippen LogP contribution in [0.1, 0.15) is 16.1 Å². The number of esters is 2. The van der Waals surface area contributed by atoms with Crippen molar-refractivity contribution in [2.24, 2.45) is 0 Å². The number of thiophene rings is 1. The molecule has 164 valence electrons. The molecule has 0 amide bonds. The van der Waals surface area contributed by atoms with Crippen molar-refractivity contribution in [1.29, 1.82) is 0 Å². The summed E-state index contributed by atoms with van der Waals surface area (Å²) in [6.07, 6.45) is 2.61. The molecule has 4 rings (SSSR count). The van der Waals surface area contributed by atoms with Crippen molar-refractivity contribution >= 4 is 33.5 Å². The van der Waals surface area contributed by atoms with Crippen LogP contribution in [-0.4, -0.2) is 35.7 Å². The van der Waals surface area contributed by atoms with Gasteiger partial charge in [-0.3, -0.25) is 14.2 Å². The SMILES string of the molecule is COC(=O)c1occc1COC(=O)Cn1cnc2cc(-c3ccc(OC)cc3)sc2c1=O. The molecule has 0 N–H and O–H groups in total. The third-order valence-corrected chi connectivity index (χ3v) is 5.85. The fraction of sp³-hybridized carbons (Fsp3) is 0.182. The van der Waals surface area contributed by atoms with E-state index in [1.54, 1.807) is 7.11 Å². The van der Waals surface area contributed by atoms with E-state index in [4.69, 9.17) is 13.9 Å². The highest BCUT2D eigenvalue weighted by Crippen LogP contribution is 2.31. The molecule has 3 aromatic heterocycles. The van der Waals surface area contributed by atoms with Crippen LogP contribution in [0.15, 0.2) is 58.2 Å². The average Bonchev–Trinajstić information content (AvgIpc) is 3.46. The molecule has 3 heterocycles. The Morgan fingerprint density at radius 1 is 1.16 bits per heavy atom. The Morgan fingerprint density at radius 3 is 2.66 bits per heavy atom. The van der Waals surface area contributed by atoms with E-state index in [-0.39, 0.29) is 24.5 Å². The normalized spacial score (nSPS) is 10.8. The first kappa shape index (κ1) is 21.3. The van der Waals surface area contributed by atoms with E-state index in [1.165, 1.54) is 41.7 Å². The van der Waals surface area contributed by atoms with Gasteiger partial charge >= 0.3 is 11.9 Å². The second-order valence-corrected chi connectivity index (χ2v) is 7.71. The average molecular weight is 454 g/mol. The molecule has 0 fully saturated rings. The first-order chi connectivity index (χ1) is 15.5. The molecule has 1 aromatic carbocycles. The van der Waals surface area contributed by atoms with Crippen LogP contribution in [0.2, 0.25) is 0 Å². The van der Waals surface area contributed by atoms with Gasteiger partial charge in [0.1, 0.15) is 23.6 Å². The smallest absolute Gasteiger partial charge is 0.374 e. The van der Waals surface area contributed by atoms with Gasteiger partial charge in [0.2, 0.25) is 5.76 Å². The van der Waals surface area contributed by atoms with Crippen LogP contribution in [-0.2, 0) is 27.4 Å². The zero-order chi connectivity index (χ0) is 22.7. The Kier molecular flexibility index (Phi) is 6.04. The molecule has 9 nitrogen and oxygen atoms in total. The summed E-state index contributed by atoms with van der Waals surface area (Å²) in [7, 11) is 2.82. The van der Waals surface area contributed by atoms with Crippen molar-refractivity contribution < 1.29 is 28.2 Å². The highest BCUT2D eigenvalue weighted by molar-refractivity contribution is 7.22. The molecule has 10 heteroatoms. The fourth-order valence-corrected chi connectivity index (χ4v) is 4.08. The number of methoxy groups -OCH3 is 2. The molecule has 0 spiro atoms. The minimum Gasteiger partial charge on any atom is -0.497 e. The highest BCUT2D eigenvalue weighted by Gasteiger charge is 2.18. The lowest BCUT2D eigenvalue weighted by molar-refractivity contribution is -0.145. The summed E-state index contributed by atoms with van der Waals surface area (Å²) in [5, 5.41) is 0. The number of furan rings is 1. The number of aromatic nitrogens is 2. The number of hydrogen-bond acceptors (Lipinski definition) is 9. The molecule has 0 bridgehead atoms. The number of rotatable bonds is 7. The molecule has 4 aromatic rings. The third kappa shape index (κ3) is 4.26. The molecule has 0 saturated carbocycles. The van der Waals surface area contributed by atoms with Gasteiger partial charge in [-0.05, 0) is 42.0 Å². The van der Waals surface area contributed by atoms with Crippen molar-refractivity contribution in [1.82, 2.24) is 9.55 Å². The summed E-state index contributed by atoms with van der Waals surface area (Å²) >= 11 is 1.30. The fourth-order valence-electron chi connectivity index (χ4n) is 3.02. The quantitative estimate of drug-likeness (QED) is 0.392. The third-order valence-electron chi connectivity index (χ3n) is 4.68. The minimum absolute atomic E-state index is 0.0369. The Hall–Kier alpha value is -3.92. The lowest BCUT2D eigenvalue weighted by atomic mass is 10.2. The van der Waals surface area contributed by atoms with Gasteiger partial charge in [0.25, 0.3) is 5.56 Å². The second kappa shape index (κ2) is 9.06. The first-order valence-electron chi connectivity index (χ1n) is 9.44. The van der Waals surface area contributed by atoms with Gasteiger partial charge in [-0.1, -0.05) is 0 Å². The van der Waals surface area contributed by atoms with E-state index >= 15 is 0 Å². The van der Waals surface area contributed by atoms with Gasteiger partial charge in [0, 0.05) is 10.4 Å². The molecule has 0 aliphatic carbocycles. The van der Waals surface area contributed by atoms with Crippen LogP contribution in [0.3, 0.4) is 0 Å². The van der Waals surface area contributed by atoms with Gasteiger partial charge in [-0.15, -0.1) is 11.3 Å². The molecule has 0 aliphatic rings. The maximum atomic E-state index is 12.9. The topological polar surface area (TPSA) is 110 Å². The molecular weight excluding hydrogens is 436 g/mol. The van der Waals surface area contributed by atoms with E-state index in [0.717, 1.165) is 16.2 Å². The van der Waals surface area contributed by atoms with Crippen LogP contribution in [0.25, 0.3) is 20.7 Å². The van der Waals surface area contributed by atoms with Crippen molar-refractivity contribution in [2.75, 3.05) is 14.2 Å². The number of hydrogen-bond donors (Lipinski definition) is 0. The Labute approximate surface area is 185 Å². The molecule has 0 atom stereocenters. The number of benzene rings is 1. The van der Waals surface area contributed by atoms with Gasteiger partial charge < -0.3 is 18.6 Å². The number of ether oxygens (including phenoxy) is 3. The van der Waals surface area contributed by atoms with E-state index in [1.807, 2.05) is 30.3 Å². The summed E-state index contributed by atoms with van der Waals surface area (Å²) in [6.45, 7) is -0.506. The lowest BCUT2D eigenvalue weighted by Gasteiger charge is -2.06. The van der Waals surface area contributed by atoms with Gasteiger partial charge in [-0.2, -0.15) is 0 Å². The summed E-state index contributed by atoms with van der Waals surface area (Å²) < 4.78 is 21.6. The lowest BCUT2D eigenvalue weighted by Crippen LogP contribution is -2.25. The Balaban J connectivity index is 1.49. The number of carbonyl (C=O) groups excluding carboxylic acids is 2. The van der Waals surface area contributed by atoms with E-state index in [9.17, 15) is 14.4 Å². The van der Waals surface area contributed by atoms with Crippen LogP contribution < -0.4 is 10.3 Å². The van der Waals surface area contributed by atoms with Crippen molar-refractivity contribution in [3.05, 3.63) is 70.7 Å². The zero-order valence-electron chi connectivity index (χ0n) is 17.2. The molecule has 0 aliphatic heterocycles. The van der Waals surface area contributed by atoms with Crippen molar-refractivity contribution in [3.63, 3.8) is 0 Å². The van der Waals surface area contributed by atoms with Crippen LogP contribution in [0.4, 0.5) is 0 Å².